The Hall–Kier alpha value is -6.12. The molecule has 0 saturated heterocycles. The molecule has 46 heavy (non-hydrogen) atoms. The Morgan fingerprint density at radius 3 is 1.91 bits per heavy atom. The van der Waals surface area contributed by atoms with Gasteiger partial charge in [-0.25, -0.2) is 0 Å². The zero-order chi connectivity index (χ0) is 30.2. The molecule has 9 aromatic rings. The van der Waals surface area contributed by atoms with E-state index >= 15 is 0 Å². The maximum Gasteiger partial charge on any atom is 0.135 e. The van der Waals surface area contributed by atoms with Crippen LogP contribution in [0.2, 0.25) is 0 Å². The summed E-state index contributed by atoms with van der Waals surface area (Å²) in [7, 11) is 0. The summed E-state index contributed by atoms with van der Waals surface area (Å²) < 4.78 is 8.72. The maximum atomic E-state index is 6.33. The van der Waals surface area contributed by atoms with Crippen molar-refractivity contribution in [3.8, 4) is 50.6 Å². The number of nitrogens with zero attached hydrogens (tertiary/aromatic N) is 1. The van der Waals surface area contributed by atoms with E-state index < -0.39 is 0 Å². The zero-order valence-corrected chi connectivity index (χ0v) is 24.9. The van der Waals surface area contributed by atoms with Crippen LogP contribution in [0.25, 0.3) is 82.4 Å². The number of fused-ring (bicyclic) bond motifs is 7. The predicted molar refractivity (Wildman–Crippen MR) is 192 cm³/mol. The van der Waals surface area contributed by atoms with Crippen LogP contribution >= 0.6 is 0 Å². The number of rotatable bonds is 3. The van der Waals surface area contributed by atoms with E-state index in [0.717, 1.165) is 17.1 Å². The second-order valence-electron chi connectivity index (χ2n) is 12.1. The van der Waals surface area contributed by atoms with Gasteiger partial charge in [-0.15, -0.1) is 0 Å². The van der Waals surface area contributed by atoms with Crippen molar-refractivity contribution in [2.24, 2.45) is 0 Å². The van der Waals surface area contributed by atoms with Gasteiger partial charge in [0.2, 0.25) is 0 Å². The summed E-state index contributed by atoms with van der Waals surface area (Å²) >= 11 is 0. The molecule has 8 aromatic carbocycles. The number of aromatic nitrogens is 1. The summed E-state index contributed by atoms with van der Waals surface area (Å²) in [5.41, 5.74) is 10.8. The molecule has 0 saturated carbocycles. The van der Waals surface area contributed by atoms with Gasteiger partial charge in [0.05, 0.1) is 11.0 Å². The molecule has 0 unspecified atom stereocenters. The standard InChI is InChI=1S/C44H27NO/c1-2-10-34(11-3-1)45-39-14-5-4-12-36(39)44-37-26-32(21-20-30(37)22-24-40(44)45)28-16-18-29(19-17-28)33-23-25-41-38(27-33)35-13-6-8-31-9-7-15-42(46-41)43(31)35/h1-27H. The number of para-hydroxylation sites is 2. The Morgan fingerprint density at radius 2 is 1.07 bits per heavy atom. The van der Waals surface area contributed by atoms with Crippen molar-refractivity contribution in [2.75, 3.05) is 0 Å². The van der Waals surface area contributed by atoms with Crippen LogP contribution in [0, 0.1) is 0 Å². The normalized spacial score (nSPS) is 12.1. The maximum absolute atomic E-state index is 6.33. The lowest BCUT2D eigenvalue weighted by Crippen LogP contribution is -1.97. The minimum Gasteiger partial charge on any atom is -0.456 e. The molecule has 2 heteroatoms. The number of hydrogen-bond donors (Lipinski definition) is 0. The summed E-state index contributed by atoms with van der Waals surface area (Å²) in [6, 6.07) is 59.0. The van der Waals surface area contributed by atoms with Crippen LogP contribution in [-0.4, -0.2) is 4.57 Å². The summed E-state index contributed by atoms with van der Waals surface area (Å²) in [6.07, 6.45) is 0. The molecule has 0 spiro atoms. The van der Waals surface area contributed by atoms with Crippen LogP contribution in [0.5, 0.6) is 11.5 Å². The predicted octanol–water partition coefficient (Wildman–Crippen LogP) is 12.2. The Kier molecular flexibility index (Phi) is 5.31. The number of ether oxygens (including phenoxy) is 1. The third kappa shape index (κ3) is 3.71. The Bertz CT molecular complexity index is 2640. The molecular formula is C44H27NO. The van der Waals surface area contributed by atoms with Crippen molar-refractivity contribution in [1.82, 2.24) is 4.57 Å². The summed E-state index contributed by atoms with van der Waals surface area (Å²) in [5.74, 6) is 1.83. The van der Waals surface area contributed by atoms with Gasteiger partial charge < -0.3 is 9.30 Å². The van der Waals surface area contributed by atoms with Gasteiger partial charge in [0.15, 0.2) is 0 Å². The largest absolute Gasteiger partial charge is 0.456 e. The van der Waals surface area contributed by atoms with Gasteiger partial charge in [-0.05, 0) is 92.5 Å². The van der Waals surface area contributed by atoms with Crippen molar-refractivity contribution < 1.29 is 4.74 Å². The van der Waals surface area contributed by atoms with Gasteiger partial charge in [0.25, 0.3) is 0 Å². The molecule has 0 bridgehead atoms. The Labute approximate surface area is 266 Å². The van der Waals surface area contributed by atoms with Gasteiger partial charge in [0.1, 0.15) is 11.5 Å². The summed E-state index contributed by atoms with van der Waals surface area (Å²) in [5, 5.41) is 7.47. The molecule has 0 atom stereocenters. The van der Waals surface area contributed by atoms with Gasteiger partial charge in [-0.2, -0.15) is 0 Å². The molecule has 0 fully saturated rings. The van der Waals surface area contributed by atoms with E-state index in [1.807, 2.05) is 0 Å². The van der Waals surface area contributed by atoms with Crippen molar-refractivity contribution >= 4 is 43.4 Å². The molecule has 1 aliphatic rings. The topological polar surface area (TPSA) is 14.2 Å². The Balaban J connectivity index is 1.07. The molecule has 214 valence electrons. The third-order valence-corrected chi connectivity index (χ3v) is 9.58. The molecule has 2 nitrogen and oxygen atoms in total. The second-order valence-corrected chi connectivity index (χ2v) is 12.1. The lowest BCUT2D eigenvalue weighted by atomic mass is 9.92. The second kappa shape index (κ2) is 9.69. The molecule has 10 rings (SSSR count). The van der Waals surface area contributed by atoms with Gasteiger partial charge in [-0.1, -0.05) is 115 Å². The monoisotopic (exact) mass is 585 g/mol. The molecule has 1 aliphatic heterocycles. The highest BCUT2D eigenvalue weighted by atomic mass is 16.5. The molecule has 0 radical (unpaired) electrons. The third-order valence-electron chi connectivity index (χ3n) is 9.58. The van der Waals surface area contributed by atoms with E-state index in [-0.39, 0.29) is 0 Å². The lowest BCUT2D eigenvalue weighted by molar-refractivity contribution is 0.487. The molecule has 2 heterocycles. The number of hydrogen-bond acceptors (Lipinski definition) is 1. The fourth-order valence-electron chi connectivity index (χ4n) is 7.42. The lowest BCUT2D eigenvalue weighted by Gasteiger charge is -2.22. The molecule has 0 aliphatic carbocycles. The first-order chi connectivity index (χ1) is 22.8. The minimum atomic E-state index is 0.905. The van der Waals surface area contributed by atoms with Crippen LogP contribution in [0.1, 0.15) is 0 Å². The van der Waals surface area contributed by atoms with Crippen molar-refractivity contribution in [3.05, 3.63) is 164 Å². The van der Waals surface area contributed by atoms with Crippen LogP contribution in [0.3, 0.4) is 0 Å². The molecule has 0 N–H and O–H groups in total. The van der Waals surface area contributed by atoms with Crippen LogP contribution in [0.4, 0.5) is 0 Å². The van der Waals surface area contributed by atoms with E-state index in [2.05, 4.69) is 168 Å². The minimum absolute atomic E-state index is 0.905. The van der Waals surface area contributed by atoms with Crippen LogP contribution < -0.4 is 4.74 Å². The highest BCUT2D eigenvalue weighted by Gasteiger charge is 2.20. The molecule has 1 aromatic heterocycles. The molecular weight excluding hydrogens is 558 g/mol. The SMILES string of the molecule is c1ccc(-n2c3ccccc3c3c4cc(-c5ccc(-c6ccc7c(c6)-c6cccc8cccc(c68)O7)cc5)ccc4ccc32)cc1. The first-order valence-electron chi connectivity index (χ1n) is 15.8. The highest BCUT2D eigenvalue weighted by Crippen LogP contribution is 2.47. The summed E-state index contributed by atoms with van der Waals surface area (Å²) in [4.78, 5) is 0. The average molecular weight is 586 g/mol. The van der Waals surface area contributed by atoms with Crippen molar-refractivity contribution in [2.45, 2.75) is 0 Å². The first kappa shape index (κ1) is 25.2. The first-order valence-corrected chi connectivity index (χ1v) is 15.8. The van der Waals surface area contributed by atoms with Crippen molar-refractivity contribution in [3.63, 3.8) is 0 Å². The van der Waals surface area contributed by atoms with E-state index in [1.165, 1.54) is 76.9 Å². The van der Waals surface area contributed by atoms with Gasteiger partial charge >= 0.3 is 0 Å². The van der Waals surface area contributed by atoms with Crippen LogP contribution in [0.15, 0.2) is 164 Å². The smallest absolute Gasteiger partial charge is 0.135 e. The highest BCUT2D eigenvalue weighted by molar-refractivity contribution is 6.21. The van der Waals surface area contributed by atoms with E-state index in [9.17, 15) is 0 Å². The Morgan fingerprint density at radius 1 is 0.370 bits per heavy atom. The van der Waals surface area contributed by atoms with E-state index in [0.29, 0.717) is 0 Å². The van der Waals surface area contributed by atoms with E-state index in [1.54, 1.807) is 0 Å². The van der Waals surface area contributed by atoms with Crippen LogP contribution in [-0.2, 0) is 0 Å². The fraction of sp³-hybridized carbons (Fsp3) is 0. The number of benzene rings is 8. The fourth-order valence-corrected chi connectivity index (χ4v) is 7.42. The van der Waals surface area contributed by atoms with E-state index in [4.69, 9.17) is 4.74 Å². The van der Waals surface area contributed by atoms with Crippen molar-refractivity contribution in [1.29, 1.82) is 0 Å². The quantitative estimate of drug-likeness (QED) is 0.201. The van der Waals surface area contributed by atoms with Gasteiger partial charge in [-0.3, -0.25) is 0 Å². The zero-order valence-electron chi connectivity index (χ0n) is 24.9. The average Bonchev–Trinajstić information content (AvgIpc) is 3.47. The summed E-state index contributed by atoms with van der Waals surface area (Å²) in [6.45, 7) is 0. The molecule has 0 amide bonds. The van der Waals surface area contributed by atoms with Gasteiger partial charge in [0, 0.05) is 27.4 Å².